The van der Waals surface area contributed by atoms with E-state index in [0.717, 1.165) is 89.9 Å². The highest BCUT2D eigenvalue weighted by Gasteiger charge is 2.51. The summed E-state index contributed by atoms with van der Waals surface area (Å²) in [5, 5.41) is 86.8. The molecular weight excluding hydrogens is 943 g/mol. The van der Waals surface area contributed by atoms with E-state index in [2.05, 4.69) is 104 Å². The van der Waals surface area contributed by atoms with Crippen LogP contribution in [0.15, 0.2) is 97.2 Å². The lowest BCUT2D eigenvalue weighted by atomic mass is 9.97. The van der Waals surface area contributed by atoms with E-state index < -0.39 is 86.8 Å². The van der Waals surface area contributed by atoms with Crippen LogP contribution in [-0.2, 0) is 23.7 Å². The fraction of sp³-hybridized carbons (Fsp3) is 0.717. The van der Waals surface area contributed by atoms with Crippen molar-refractivity contribution in [2.24, 2.45) is 0 Å². The van der Waals surface area contributed by atoms with Crippen molar-refractivity contribution in [1.82, 2.24) is 5.32 Å². The standard InChI is InChI=1S/C60H101NO13/c1-3-5-7-9-11-13-15-16-17-18-19-20-21-22-23-24-25-26-27-28-29-30-31-32-34-36-38-40-42-44-52(65)61-48(49(64)43-41-39-37-35-33-14-12-10-8-6-4-2)47-71-59-57(70)55(68)58(51(46-63)73-59)74-60-56(69)54(67)53(66)50(45-62)72-60/h5,7-8,10-11,13,16-17,19-20,22-23,33,35,41,43,48-51,53-60,62-64,66-70H,3-4,6,9,12,14-15,18,21,24-32,34,36-40,42,44-47H2,1-2H3,(H,61,65)/b7-5-,10-8+,13-11-,17-16-,20-19-,23-22-,35-33+,43-41+. The van der Waals surface area contributed by atoms with Crippen LogP contribution in [0.25, 0.3) is 0 Å². The largest absolute Gasteiger partial charge is 0.394 e. The number of nitrogens with one attached hydrogen (secondary N) is 1. The first-order valence-electron chi connectivity index (χ1n) is 28.5. The van der Waals surface area contributed by atoms with E-state index in [0.29, 0.717) is 12.8 Å². The van der Waals surface area contributed by atoms with Gasteiger partial charge in [-0.2, -0.15) is 0 Å². The minimum Gasteiger partial charge on any atom is -0.394 e. The molecule has 2 heterocycles. The van der Waals surface area contributed by atoms with Crippen molar-refractivity contribution in [3.8, 4) is 0 Å². The first-order chi connectivity index (χ1) is 36.1. The average molecular weight is 1040 g/mol. The Morgan fingerprint density at radius 2 is 0.946 bits per heavy atom. The number of ether oxygens (including phenoxy) is 4. The predicted octanol–water partition coefficient (Wildman–Crippen LogP) is 9.10. The molecule has 0 aromatic carbocycles. The maximum absolute atomic E-state index is 13.2. The molecule has 14 heteroatoms. The Labute approximate surface area is 445 Å². The lowest BCUT2D eigenvalue weighted by Crippen LogP contribution is -2.65. The van der Waals surface area contributed by atoms with Crippen molar-refractivity contribution in [2.75, 3.05) is 19.8 Å². The monoisotopic (exact) mass is 1040 g/mol. The summed E-state index contributed by atoms with van der Waals surface area (Å²) in [5.74, 6) is -0.262. The number of carbonyl (C=O) groups is 1. The van der Waals surface area contributed by atoms with Crippen molar-refractivity contribution >= 4 is 5.91 Å². The molecule has 2 rings (SSSR count). The molecule has 0 spiro atoms. The first-order valence-corrected chi connectivity index (χ1v) is 28.5. The van der Waals surface area contributed by atoms with E-state index in [1.807, 2.05) is 6.08 Å². The molecule has 12 atom stereocenters. The Balaban J connectivity index is 1.70. The van der Waals surface area contributed by atoms with Crippen LogP contribution in [-0.4, -0.2) is 140 Å². The van der Waals surface area contributed by atoms with E-state index in [-0.39, 0.29) is 18.9 Å². The van der Waals surface area contributed by atoms with Gasteiger partial charge in [-0.15, -0.1) is 0 Å². The van der Waals surface area contributed by atoms with E-state index in [9.17, 15) is 45.6 Å². The van der Waals surface area contributed by atoms with Crippen molar-refractivity contribution < 1.29 is 64.6 Å². The smallest absolute Gasteiger partial charge is 0.220 e. The van der Waals surface area contributed by atoms with Crippen LogP contribution in [0.1, 0.15) is 181 Å². The maximum Gasteiger partial charge on any atom is 0.220 e. The SMILES string of the molecule is CC/C=C\C/C=C\C/C=C\C/C=C\C/C=C\CCCCCCCCCCCCCCCC(=O)NC(COC1OC(CO)C(OC2OC(CO)C(O)C(O)C2O)C(O)C1O)C(O)/C=C/CC/C=C/CC/C=C/CCC. The van der Waals surface area contributed by atoms with E-state index in [1.54, 1.807) is 6.08 Å². The number of unbranched alkanes of at least 4 members (excludes halogenated alkanes) is 16. The zero-order valence-corrected chi connectivity index (χ0v) is 45.3. The summed E-state index contributed by atoms with van der Waals surface area (Å²) in [7, 11) is 0. The molecular formula is C60H101NO13. The molecule has 424 valence electrons. The van der Waals surface area contributed by atoms with Crippen LogP contribution in [0.3, 0.4) is 0 Å². The number of amides is 1. The molecule has 0 radical (unpaired) electrons. The lowest BCUT2D eigenvalue weighted by Gasteiger charge is -2.46. The first kappa shape index (κ1) is 67.0. The van der Waals surface area contributed by atoms with Crippen molar-refractivity contribution in [1.29, 1.82) is 0 Å². The average Bonchev–Trinajstić information content (AvgIpc) is 3.40. The number of aliphatic hydroxyl groups is 8. The van der Waals surface area contributed by atoms with Crippen molar-refractivity contribution in [3.05, 3.63) is 97.2 Å². The Hall–Kier alpha value is -3.09. The zero-order valence-electron chi connectivity index (χ0n) is 45.3. The Bertz CT molecular complexity index is 1610. The van der Waals surface area contributed by atoms with Crippen LogP contribution < -0.4 is 5.32 Å². The lowest BCUT2D eigenvalue weighted by molar-refractivity contribution is -0.359. The van der Waals surface area contributed by atoms with Crippen LogP contribution in [0, 0.1) is 0 Å². The molecule has 2 aliphatic heterocycles. The van der Waals surface area contributed by atoms with Gasteiger partial charge in [-0.25, -0.2) is 0 Å². The summed E-state index contributed by atoms with van der Waals surface area (Å²) in [6.45, 7) is 2.55. The Morgan fingerprint density at radius 3 is 1.47 bits per heavy atom. The van der Waals surface area contributed by atoms with Gasteiger partial charge in [-0.3, -0.25) is 4.79 Å². The number of allylic oxidation sites excluding steroid dienone is 15. The fourth-order valence-corrected chi connectivity index (χ4v) is 8.65. The molecule has 0 saturated carbocycles. The second kappa shape index (κ2) is 45.0. The molecule has 0 aromatic rings. The molecule has 74 heavy (non-hydrogen) atoms. The number of hydrogen-bond acceptors (Lipinski definition) is 13. The van der Waals surface area contributed by atoms with E-state index >= 15 is 0 Å². The highest BCUT2D eigenvalue weighted by molar-refractivity contribution is 5.76. The number of carbonyl (C=O) groups excluding carboxylic acids is 1. The maximum atomic E-state index is 13.2. The second-order valence-electron chi connectivity index (χ2n) is 19.7. The van der Waals surface area contributed by atoms with E-state index in [1.165, 1.54) is 57.8 Å². The Kier molecular flexibility index (Phi) is 40.7. The van der Waals surface area contributed by atoms with Gasteiger partial charge >= 0.3 is 0 Å². The summed E-state index contributed by atoms with van der Waals surface area (Å²) in [6, 6.07) is -0.942. The predicted molar refractivity (Wildman–Crippen MR) is 295 cm³/mol. The van der Waals surface area contributed by atoms with Gasteiger partial charge in [0.05, 0.1) is 32.0 Å². The van der Waals surface area contributed by atoms with Crippen LogP contribution in [0.4, 0.5) is 0 Å². The van der Waals surface area contributed by atoms with Gasteiger partial charge in [0, 0.05) is 6.42 Å². The third-order valence-electron chi connectivity index (χ3n) is 13.2. The summed E-state index contributed by atoms with van der Waals surface area (Å²) in [6.07, 6.45) is 44.7. The summed E-state index contributed by atoms with van der Waals surface area (Å²) >= 11 is 0. The van der Waals surface area contributed by atoms with Gasteiger partial charge in [0.1, 0.15) is 48.8 Å². The van der Waals surface area contributed by atoms with Gasteiger partial charge in [0.25, 0.3) is 0 Å². The van der Waals surface area contributed by atoms with E-state index in [4.69, 9.17) is 18.9 Å². The van der Waals surface area contributed by atoms with Gasteiger partial charge < -0.3 is 65.1 Å². The molecule has 2 fully saturated rings. The van der Waals surface area contributed by atoms with Gasteiger partial charge in [-0.1, -0.05) is 188 Å². The number of aliphatic hydroxyl groups excluding tert-OH is 8. The zero-order chi connectivity index (χ0) is 53.9. The van der Waals surface area contributed by atoms with Gasteiger partial charge in [0.2, 0.25) is 5.91 Å². The Morgan fingerprint density at radius 1 is 0.500 bits per heavy atom. The summed E-state index contributed by atoms with van der Waals surface area (Å²) in [4.78, 5) is 13.2. The minimum absolute atomic E-state index is 0.262. The minimum atomic E-state index is -1.80. The van der Waals surface area contributed by atoms with Crippen LogP contribution in [0.2, 0.25) is 0 Å². The van der Waals surface area contributed by atoms with Crippen LogP contribution in [0.5, 0.6) is 0 Å². The topological polar surface area (TPSA) is 228 Å². The molecule has 2 saturated heterocycles. The highest BCUT2D eigenvalue weighted by Crippen LogP contribution is 2.30. The molecule has 0 bridgehead atoms. The number of rotatable bonds is 43. The number of hydrogen-bond donors (Lipinski definition) is 9. The highest BCUT2D eigenvalue weighted by atomic mass is 16.7. The molecule has 0 aromatic heterocycles. The third-order valence-corrected chi connectivity index (χ3v) is 13.2. The molecule has 9 N–H and O–H groups in total. The van der Waals surface area contributed by atoms with Gasteiger partial charge in [0.15, 0.2) is 12.6 Å². The summed E-state index contributed by atoms with van der Waals surface area (Å²) < 4.78 is 22.7. The molecule has 14 nitrogen and oxygen atoms in total. The normalized spacial score (nSPS) is 26.0. The second-order valence-corrected chi connectivity index (χ2v) is 19.7. The van der Waals surface area contributed by atoms with Gasteiger partial charge in [-0.05, 0) is 83.5 Å². The molecule has 1 amide bonds. The van der Waals surface area contributed by atoms with Crippen molar-refractivity contribution in [3.63, 3.8) is 0 Å². The van der Waals surface area contributed by atoms with Crippen LogP contribution >= 0.6 is 0 Å². The third kappa shape index (κ3) is 30.6. The molecule has 0 aliphatic carbocycles. The quantitative estimate of drug-likeness (QED) is 0.0205. The summed E-state index contributed by atoms with van der Waals surface area (Å²) in [5.41, 5.74) is 0. The molecule has 2 aliphatic rings. The van der Waals surface area contributed by atoms with Crippen molar-refractivity contribution in [2.45, 2.75) is 254 Å². The fourth-order valence-electron chi connectivity index (χ4n) is 8.65. The molecule has 12 unspecified atom stereocenters.